The van der Waals surface area contributed by atoms with Crippen molar-refractivity contribution in [3.63, 3.8) is 0 Å². The summed E-state index contributed by atoms with van der Waals surface area (Å²) in [5.41, 5.74) is 2.40. The highest BCUT2D eigenvalue weighted by Crippen LogP contribution is 2.46. The zero-order valence-corrected chi connectivity index (χ0v) is 20.8. The van der Waals surface area contributed by atoms with Gasteiger partial charge in [0.1, 0.15) is 5.82 Å². The van der Waals surface area contributed by atoms with E-state index in [1.807, 2.05) is 38.1 Å². The Morgan fingerprint density at radius 3 is 2.50 bits per heavy atom. The van der Waals surface area contributed by atoms with Gasteiger partial charge in [0, 0.05) is 30.7 Å². The fourth-order valence-electron chi connectivity index (χ4n) is 4.57. The third-order valence-electron chi connectivity index (χ3n) is 7.05. The number of hydrogen-bond acceptors (Lipinski definition) is 7. The predicted octanol–water partition coefficient (Wildman–Crippen LogP) is 3.91. The lowest BCUT2D eigenvalue weighted by Gasteiger charge is -2.19. The molecule has 186 valence electrons. The molecule has 1 unspecified atom stereocenters. The Bertz CT molecular complexity index is 1360. The molecule has 9 nitrogen and oxygen atoms in total. The second-order valence-electron chi connectivity index (χ2n) is 10.2. The Kier molecular flexibility index (Phi) is 6.15. The monoisotopic (exact) mass is 485 g/mol. The van der Waals surface area contributed by atoms with Crippen LogP contribution in [0.3, 0.4) is 0 Å². The minimum Gasteiger partial charge on any atom is -0.367 e. The van der Waals surface area contributed by atoms with E-state index in [0.29, 0.717) is 22.9 Å². The summed E-state index contributed by atoms with van der Waals surface area (Å²) in [4.78, 5) is 39.0. The molecule has 0 bridgehead atoms. The highest BCUT2D eigenvalue weighted by atomic mass is 16.2. The maximum absolute atomic E-state index is 13.1. The number of anilines is 1. The van der Waals surface area contributed by atoms with Crippen molar-refractivity contribution in [2.45, 2.75) is 64.1 Å². The summed E-state index contributed by atoms with van der Waals surface area (Å²) >= 11 is 0. The summed E-state index contributed by atoms with van der Waals surface area (Å²) in [5.74, 6) is 0.729. The number of carbonyl (C=O) groups excluding carboxylic acids is 1. The van der Waals surface area contributed by atoms with E-state index in [0.717, 1.165) is 36.8 Å². The van der Waals surface area contributed by atoms with E-state index in [4.69, 9.17) is 5.41 Å². The first-order valence-electron chi connectivity index (χ1n) is 12.4. The van der Waals surface area contributed by atoms with Crippen molar-refractivity contribution in [2.75, 3.05) is 5.32 Å². The molecule has 2 aromatic heterocycles. The van der Waals surface area contributed by atoms with Crippen LogP contribution >= 0.6 is 0 Å². The summed E-state index contributed by atoms with van der Waals surface area (Å²) < 4.78 is 1.75. The average molecular weight is 486 g/mol. The van der Waals surface area contributed by atoms with Crippen LogP contribution in [0.25, 0.3) is 11.1 Å². The zero-order chi connectivity index (χ0) is 25.4. The van der Waals surface area contributed by atoms with Gasteiger partial charge in [-0.25, -0.2) is 15.0 Å². The molecule has 0 radical (unpaired) electrons. The van der Waals surface area contributed by atoms with Gasteiger partial charge >= 0.3 is 0 Å². The topological polar surface area (TPSA) is 126 Å². The Morgan fingerprint density at radius 2 is 1.89 bits per heavy atom. The van der Waals surface area contributed by atoms with Gasteiger partial charge in [0.15, 0.2) is 0 Å². The lowest BCUT2D eigenvalue weighted by atomic mass is 10.0. The van der Waals surface area contributed by atoms with Gasteiger partial charge in [0.2, 0.25) is 5.82 Å². The van der Waals surface area contributed by atoms with E-state index in [1.165, 1.54) is 12.4 Å². The molecule has 2 fully saturated rings. The standard InChI is InChI=1S/C27H31N7O2/c1-16(2)31-23-20(12-28)13-30-24(32-23)25(35)33-27(10-11-27)21-8-6-19(7-9-21)22-14-29-15-34(26(22)36)17(3)18-4-5-18/h6-9,12-18,28H,4-5,10-11H2,1-3H3,(H,33,35)(H,30,31,32). The van der Waals surface area contributed by atoms with Crippen molar-refractivity contribution in [3.05, 3.63) is 70.3 Å². The quantitative estimate of drug-likeness (QED) is 0.395. The van der Waals surface area contributed by atoms with Crippen LogP contribution in [0.15, 0.2) is 47.8 Å². The minimum atomic E-state index is -0.472. The van der Waals surface area contributed by atoms with Crippen molar-refractivity contribution in [2.24, 2.45) is 5.92 Å². The minimum absolute atomic E-state index is 0.0251. The first-order chi connectivity index (χ1) is 17.3. The summed E-state index contributed by atoms with van der Waals surface area (Å²) in [6.45, 7) is 6.01. The van der Waals surface area contributed by atoms with Crippen LogP contribution in [-0.4, -0.2) is 37.7 Å². The Hall–Kier alpha value is -3.88. The van der Waals surface area contributed by atoms with Crippen molar-refractivity contribution in [1.29, 1.82) is 5.41 Å². The summed E-state index contributed by atoms with van der Waals surface area (Å²) in [6, 6.07) is 8.03. The molecule has 36 heavy (non-hydrogen) atoms. The molecule has 3 aromatic rings. The number of carbonyl (C=O) groups is 1. The fourth-order valence-corrected chi connectivity index (χ4v) is 4.57. The lowest BCUT2D eigenvalue weighted by Crippen LogP contribution is -2.36. The Morgan fingerprint density at radius 1 is 1.17 bits per heavy atom. The first kappa shape index (κ1) is 23.8. The van der Waals surface area contributed by atoms with Gasteiger partial charge < -0.3 is 16.0 Å². The van der Waals surface area contributed by atoms with Crippen molar-refractivity contribution < 1.29 is 4.79 Å². The molecule has 0 aliphatic heterocycles. The van der Waals surface area contributed by atoms with Crippen molar-refractivity contribution in [1.82, 2.24) is 24.8 Å². The highest BCUT2D eigenvalue weighted by Gasteiger charge is 2.46. The van der Waals surface area contributed by atoms with Crippen LogP contribution in [0.5, 0.6) is 0 Å². The van der Waals surface area contributed by atoms with E-state index >= 15 is 0 Å². The summed E-state index contributed by atoms with van der Waals surface area (Å²) in [6.07, 6.45) is 9.86. The number of nitrogens with one attached hydrogen (secondary N) is 3. The van der Waals surface area contributed by atoms with Crippen molar-refractivity contribution >= 4 is 17.9 Å². The van der Waals surface area contributed by atoms with E-state index in [-0.39, 0.29) is 29.4 Å². The molecule has 2 aliphatic carbocycles. The molecule has 0 spiro atoms. The Balaban J connectivity index is 1.35. The van der Waals surface area contributed by atoms with Gasteiger partial charge in [-0.1, -0.05) is 24.3 Å². The third kappa shape index (κ3) is 4.65. The number of amides is 1. The molecule has 1 amide bonds. The largest absolute Gasteiger partial charge is 0.367 e. The number of benzene rings is 1. The Labute approximate surface area is 209 Å². The van der Waals surface area contributed by atoms with Crippen LogP contribution in [0.1, 0.15) is 74.2 Å². The van der Waals surface area contributed by atoms with Crippen LogP contribution in [0.4, 0.5) is 5.82 Å². The van der Waals surface area contributed by atoms with Gasteiger partial charge in [0.25, 0.3) is 11.5 Å². The molecule has 5 rings (SSSR count). The van der Waals surface area contributed by atoms with Gasteiger partial charge in [-0.2, -0.15) is 0 Å². The number of aromatic nitrogens is 4. The molecule has 9 heteroatoms. The first-order valence-corrected chi connectivity index (χ1v) is 12.4. The highest BCUT2D eigenvalue weighted by molar-refractivity contribution is 5.93. The third-order valence-corrected chi connectivity index (χ3v) is 7.05. The average Bonchev–Trinajstić information content (AvgIpc) is 3.79. The molecule has 0 saturated heterocycles. The number of nitrogens with zero attached hydrogens (tertiary/aromatic N) is 4. The molecular formula is C27H31N7O2. The van der Waals surface area contributed by atoms with Crippen LogP contribution in [0, 0.1) is 11.3 Å². The number of rotatable bonds is 9. The summed E-state index contributed by atoms with van der Waals surface area (Å²) in [5, 5.41) is 13.8. The molecule has 3 N–H and O–H groups in total. The fraction of sp³-hybridized carbons (Fsp3) is 0.407. The molecule has 1 aromatic carbocycles. The maximum atomic E-state index is 13.1. The van der Waals surface area contributed by atoms with E-state index in [1.54, 1.807) is 17.1 Å². The van der Waals surface area contributed by atoms with E-state index < -0.39 is 5.54 Å². The van der Waals surface area contributed by atoms with E-state index in [9.17, 15) is 9.59 Å². The summed E-state index contributed by atoms with van der Waals surface area (Å²) in [7, 11) is 0. The second-order valence-corrected chi connectivity index (χ2v) is 10.2. The van der Waals surface area contributed by atoms with Crippen LogP contribution in [0.2, 0.25) is 0 Å². The van der Waals surface area contributed by atoms with E-state index in [2.05, 4.69) is 32.5 Å². The molecule has 2 heterocycles. The van der Waals surface area contributed by atoms with Crippen LogP contribution < -0.4 is 16.2 Å². The van der Waals surface area contributed by atoms with Gasteiger partial charge in [0.05, 0.1) is 23.0 Å². The number of hydrogen-bond donors (Lipinski definition) is 3. The van der Waals surface area contributed by atoms with Crippen molar-refractivity contribution in [3.8, 4) is 11.1 Å². The predicted molar refractivity (Wildman–Crippen MR) is 138 cm³/mol. The second kappa shape index (κ2) is 9.29. The zero-order valence-electron chi connectivity index (χ0n) is 20.8. The normalized spacial score (nSPS) is 16.9. The van der Waals surface area contributed by atoms with Gasteiger partial charge in [-0.15, -0.1) is 0 Å². The smallest absolute Gasteiger partial charge is 0.289 e. The maximum Gasteiger partial charge on any atom is 0.289 e. The lowest BCUT2D eigenvalue weighted by molar-refractivity contribution is 0.0920. The van der Waals surface area contributed by atoms with Crippen LogP contribution in [-0.2, 0) is 5.54 Å². The molecular weight excluding hydrogens is 454 g/mol. The molecule has 2 aliphatic rings. The molecule has 1 atom stereocenters. The SMILES string of the molecule is CC(C)Nc1nc(C(=O)NC2(c3ccc(-c4cncn(C(C)C5CC5)c4=O)cc3)CC2)ncc1C=N. The molecule has 2 saturated carbocycles. The van der Waals surface area contributed by atoms with Gasteiger partial charge in [-0.05, 0) is 63.5 Å². The van der Waals surface area contributed by atoms with Gasteiger partial charge in [-0.3, -0.25) is 14.2 Å².